The second-order valence-corrected chi connectivity index (χ2v) is 34.4. The maximum atomic E-state index is 12.8. The molecule has 7 nitrogen and oxygen atoms in total. The second-order valence-electron chi connectivity index (χ2n) is 30.6. The van der Waals surface area contributed by atoms with Crippen molar-refractivity contribution in [2.45, 2.75) is 208 Å². The summed E-state index contributed by atoms with van der Waals surface area (Å²) < 4.78 is 255. The van der Waals surface area contributed by atoms with Crippen LogP contribution in [0.3, 0.4) is 0 Å². The van der Waals surface area contributed by atoms with Crippen molar-refractivity contribution >= 4 is 69.1 Å². The lowest BCUT2D eigenvalue weighted by atomic mass is 9.91. The van der Waals surface area contributed by atoms with E-state index in [1.54, 1.807) is 72.9 Å². The Labute approximate surface area is 796 Å². The fourth-order valence-corrected chi connectivity index (χ4v) is 11.9. The summed E-state index contributed by atoms with van der Waals surface area (Å²) >= 11 is 25.8. The van der Waals surface area contributed by atoms with Crippen LogP contribution in [0.25, 0.3) is 0 Å². The van der Waals surface area contributed by atoms with Crippen LogP contribution in [0, 0.1) is 186 Å². The van der Waals surface area contributed by atoms with Gasteiger partial charge in [-0.25, -0.2) is 53.3 Å². The highest BCUT2D eigenvalue weighted by molar-refractivity contribution is 7.14. The number of thiazole rings is 1. The molecule has 3 aliphatic rings. The molecule has 7 aromatic carbocycles. The van der Waals surface area contributed by atoms with Gasteiger partial charge in [-0.2, -0.15) is 26.3 Å². The van der Waals surface area contributed by atoms with E-state index in [1.165, 1.54) is 158 Å². The first-order valence-electron chi connectivity index (χ1n) is 41.2. The first-order chi connectivity index (χ1) is 61.8. The van der Waals surface area contributed by atoms with Crippen molar-refractivity contribution in [1.82, 2.24) is 15.0 Å². The fourth-order valence-electron chi connectivity index (χ4n) is 9.62. The molecule has 33 heteroatoms. The Kier molecular flexibility index (Phi) is 60.9. The lowest BCUT2D eigenvalue weighted by Gasteiger charge is -2.16. The number of thiophene rings is 1. The van der Waals surface area contributed by atoms with Crippen LogP contribution in [0.15, 0.2) is 185 Å². The number of pyridine rings is 2. The minimum atomic E-state index is -4.85. The Morgan fingerprint density at radius 3 is 1.22 bits per heavy atom. The summed E-state index contributed by atoms with van der Waals surface area (Å²) in [6.45, 7) is 36.1. The number of hydrogen-bond donors (Lipinski definition) is 0. The molecule has 133 heavy (non-hydrogen) atoms. The summed E-state index contributed by atoms with van der Waals surface area (Å²) in [5, 5.41) is 7.06. The van der Waals surface area contributed by atoms with Crippen LogP contribution in [0.1, 0.15) is 175 Å². The van der Waals surface area contributed by atoms with Crippen molar-refractivity contribution in [3.8, 4) is 11.5 Å². The molecule has 15 rings (SSSR count). The van der Waals surface area contributed by atoms with E-state index in [1.807, 2.05) is 98.9 Å². The molecular formula is C100H115Cl4F20N3O4S2. The number of furan rings is 1. The molecule has 0 radical (unpaired) electrons. The topological polar surface area (TPSA) is 79.5 Å². The number of nitrogens with zero attached hydrogens (tertiary/aromatic N) is 3. The molecule has 12 aromatic rings. The quantitative estimate of drug-likeness (QED) is 0.126. The van der Waals surface area contributed by atoms with Gasteiger partial charge in [-0.3, -0.25) is 9.97 Å². The largest absolute Gasteiger partial charge is 0.573 e. The van der Waals surface area contributed by atoms with Gasteiger partial charge in [0.25, 0.3) is 0 Å². The van der Waals surface area contributed by atoms with Crippen LogP contribution >= 0.6 is 69.1 Å². The van der Waals surface area contributed by atoms with Crippen LogP contribution in [-0.4, -0.2) is 47.8 Å². The van der Waals surface area contributed by atoms with Crippen LogP contribution < -0.4 is 9.47 Å². The van der Waals surface area contributed by atoms with Gasteiger partial charge in [0.2, 0.25) is 5.76 Å². The van der Waals surface area contributed by atoms with Gasteiger partial charge in [0.05, 0.1) is 34.5 Å². The molecule has 0 unspecified atom stereocenters. The van der Waals surface area contributed by atoms with Crippen LogP contribution in [0.4, 0.5) is 87.8 Å². The number of methoxy groups -OCH3 is 1. The normalized spacial score (nSPS) is 12.2. The van der Waals surface area contributed by atoms with E-state index in [9.17, 15) is 87.8 Å². The lowest BCUT2D eigenvalue weighted by Crippen LogP contribution is -2.17. The minimum absolute atomic E-state index is 0.110. The van der Waals surface area contributed by atoms with E-state index in [0.717, 1.165) is 127 Å². The predicted octanol–water partition coefficient (Wildman–Crippen LogP) is 35.8. The van der Waals surface area contributed by atoms with Crippen molar-refractivity contribution < 1.29 is 106 Å². The number of alkyl halides is 9. The van der Waals surface area contributed by atoms with Crippen LogP contribution in [-0.2, 0) is 10.9 Å². The number of hydrogen-bond acceptors (Lipinski definition) is 9. The molecule has 2 saturated carbocycles. The number of benzene rings is 7. The van der Waals surface area contributed by atoms with Crippen molar-refractivity contribution in [2.75, 3.05) is 20.3 Å². The number of halogens is 24. The molecule has 5 aromatic heterocycles. The molecule has 2 aliphatic carbocycles. The average molecular weight is 2010 g/mol. The first-order valence-corrected chi connectivity index (χ1v) is 44.5. The Balaban J connectivity index is 0.00000140. The molecule has 1 aliphatic heterocycles. The van der Waals surface area contributed by atoms with Gasteiger partial charge >= 0.3 is 18.7 Å². The van der Waals surface area contributed by atoms with Crippen molar-refractivity contribution in [2.24, 2.45) is 17.8 Å². The predicted molar refractivity (Wildman–Crippen MR) is 499 cm³/mol. The molecule has 1 saturated heterocycles. The molecule has 0 atom stereocenters. The minimum Gasteiger partial charge on any atom is -0.496 e. The summed E-state index contributed by atoms with van der Waals surface area (Å²) in [6.07, 6.45) is 1.92. The van der Waals surface area contributed by atoms with E-state index >= 15 is 0 Å². The van der Waals surface area contributed by atoms with Gasteiger partial charge in [-0.05, 0) is 293 Å². The van der Waals surface area contributed by atoms with Gasteiger partial charge in [-0.1, -0.05) is 154 Å². The summed E-state index contributed by atoms with van der Waals surface area (Å²) in [7, 11) is 1.53. The smallest absolute Gasteiger partial charge is 0.496 e. The Morgan fingerprint density at radius 2 is 0.887 bits per heavy atom. The highest BCUT2D eigenvalue weighted by atomic mass is 35.5. The Morgan fingerprint density at radius 1 is 0.383 bits per heavy atom. The third kappa shape index (κ3) is 64.4. The molecular weight excluding hydrogens is 1890 g/mol. The van der Waals surface area contributed by atoms with Gasteiger partial charge in [0.15, 0.2) is 23.2 Å². The SMILES string of the molecule is CC(F)(F)F.CC1CC1.CC1CCCCC1.CC1CCOCC1.COc1cc(F)ccc1C.Cc1cc(Cl)cc(Cl)c1.Cc1cc(F)c(F)cc1F.Cc1ccc(C(F)(F)F)o1.Cc1ccc(F)c(C)c1.Cc1ccc(F)cc1C.Cc1ccc(F)cc1Cl.Cc1ccc(F)cn1.Cc1ccc(OC(F)(F)F)c(F)c1.Cc1ccsc1Cl.Cc1csc(C)n1.Cc1ncc(F)cc1F. The van der Waals surface area contributed by atoms with E-state index in [0.29, 0.717) is 32.4 Å². The molecule has 6 heterocycles. The zero-order chi connectivity index (χ0) is 102. The van der Waals surface area contributed by atoms with Crippen molar-refractivity contribution in [3.05, 3.63) is 354 Å². The Bertz CT molecular complexity index is 4870. The van der Waals surface area contributed by atoms with Crippen LogP contribution in [0.2, 0.25) is 19.4 Å². The summed E-state index contributed by atoms with van der Waals surface area (Å²) in [5.41, 5.74) is 10.9. The molecule has 0 N–H and O–H groups in total. The molecule has 3 fully saturated rings. The summed E-state index contributed by atoms with van der Waals surface area (Å²) in [6, 6.07) is 36.8. The molecule has 0 bridgehead atoms. The van der Waals surface area contributed by atoms with E-state index in [2.05, 4.69) is 50.3 Å². The summed E-state index contributed by atoms with van der Waals surface area (Å²) in [5.74, 6) is -4.10. The maximum absolute atomic E-state index is 12.8. The Hall–Kier alpha value is -9.23. The van der Waals surface area contributed by atoms with E-state index < -0.39 is 65.1 Å². The maximum Gasteiger partial charge on any atom is 0.573 e. The number of aromatic nitrogens is 3. The number of aryl methyl sites for hydroxylation is 15. The third-order valence-corrected chi connectivity index (χ3v) is 20.6. The second kappa shape index (κ2) is 65.5. The molecule has 0 spiro atoms. The first kappa shape index (κ1) is 124. The third-order valence-electron chi connectivity index (χ3n) is 17.5. The van der Waals surface area contributed by atoms with Gasteiger partial charge in [0, 0.05) is 70.2 Å². The van der Waals surface area contributed by atoms with Crippen LogP contribution in [0.5, 0.6) is 11.5 Å². The molecule has 734 valence electrons. The monoisotopic (exact) mass is 2010 g/mol. The van der Waals surface area contributed by atoms with E-state index in [4.69, 9.17) is 55.9 Å². The van der Waals surface area contributed by atoms with Gasteiger partial charge in [0.1, 0.15) is 58.0 Å². The van der Waals surface area contributed by atoms with E-state index in [-0.39, 0.29) is 53.0 Å². The van der Waals surface area contributed by atoms with Crippen molar-refractivity contribution in [3.63, 3.8) is 0 Å². The van der Waals surface area contributed by atoms with Crippen molar-refractivity contribution in [1.29, 1.82) is 0 Å². The number of ether oxygens (including phenoxy) is 3. The standard InChI is InChI=1S/C8H6F4O.C8H9FO.2C8H9F.C7H6Cl2.C7H6ClF.C7H5F3.C7H14.C6H5F3O.C6H5F2N.C6H6FN.C6H12O.C5H5ClS.C5H7NS.C4H8.C2H3F3/c1-5-2-3-7(6(9)4-5)13-8(10,11)12;1-6-3-4-7(9)5-8(6)10-2;1-6-3-4-8(9)5-7(6)2;1-6-3-4-8(9)7(2)5-6;1-5-2-6(8)4-7(9)3-5;1-5-2-3-6(9)4-7(5)8;1-4-2-6(9)7(10)3-5(4)8;1-7-5-3-2-4-6-7;1-4-2-3-5(10-4)6(7,8)9;1-4-6(8)2-5(7)3-9-4;1-5-2-3-6(7)4-8-5;1-6-2-4-7-5-3-6;1-4-2-3-7-5(4)6;1-4-3-7-5(2)6-4;1-4-2-3-4;1-2(3,4)5/h2-4H,1H3;3-5H,1-2H3;2*3-5H,1-2H3;2*2-4H,1H3;2-3H,1H3;7H,2-6H2,1H3;2-3H,1H3;2-3H,1H3;2-4H,1H3;6H,2-5H2,1H3;2-3H,1H3;3H,1-2H3;4H,2-3H2,1H3;1H3. The fraction of sp³-hybridized carbons (Fsp3) is 0.370. The van der Waals surface area contributed by atoms with Gasteiger partial charge in [-0.15, -0.1) is 35.8 Å². The molecule has 0 amide bonds. The lowest BCUT2D eigenvalue weighted by molar-refractivity contribution is -0.275. The zero-order valence-electron chi connectivity index (χ0n) is 77.7. The number of rotatable bonds is 2. The summed E-state index contributed by atoms with van der Waals surface area (Å²) in [4.78, 5) is 11.3. The van der Waals surface area contributed by atoms with Gasteiger partial charge < -0.3 is 18.6 Å². The zero-order valence-corrected chi connectivity index (χ0v) is 82.3. The highest BCUT2D eigenvalue weighted by Crippen LogP contribution is 2.32. The average Bonchev–Trinajstić information content (AvgIpc) is 1.06. The highest BCUT2D eigenvalue weighted by Gasteiger charge is 2.34.